The fourth-order valence-corrected chi connectivity index (χ4v) is 2.29. The van der Waals surface area contributed by atoms with E-state index in [-0.39, 0.29) is 5.82 Å². The molecule has 0 aromatic heterocycles. The first-order valence-corrected chi connectivity index (χ1v) is 6.92. The van der Waals surface area contributed by atoms with Gasteiger partial charge < -0.3 is 10.6 Å². The zero-order valence-electron chi connectivity index (χ0n) is 10.5. The van der Waals surface area contributed by atoms with Crippen LogP contribution in [0.15, 0.2) is 36.4 Å². The molecule has 0 fully saturated rings. The van der Waals surface area contributed by atoms with Crippen LogP contribution in [0.25, 0.3) is 0 Å². The quantitative estimate of drug-likeness (QED) is 0.736. The number of hydrogen-bond donors (Lipinski definition) is 2. The number of thiocarbonyl (C=S) groups is 1. The maximum atomic E-state index is 13.4. The predicted octanol–water partition coefficient (Wildman–Crippen LogP) is 5.25. The van der Waals surface area contributed by atoms with Gasteiger partial charge in [0.2, 0.25) is 0 Å². The van der Waals surface area contributed by atoms with Crippen LogP contribution in [0.2, 0.25) is 10.0 Å². The minimum absolute atomic E-state index is 0.290. The molecule has 2 N–H and O–H groups in total. The van der Waals surface area contributed by atoms with Crippen molar-refractivity contribution in [2.75, 3.05) is 10.6 Å². The van der Waals surface area contributed by atoms with Crippen LogP contribution in [0.1, 0.15) is 5.56 Å². The molecular weight excluding hydrogens is 318 g/mol. The third-order valence-electron chi connectivity index (χ3n) is 2.70. The van der Waals surface area contributed by atoms with Crippen molar-refractivity contribution in [1.29, 1.82) is 0 Å². The molecule has 0 aliphatic carbocycles. The monoisotopic (exact) mass is 328 g/mol. The van der Waals surface area contributed by atoms with E-state index >= 15 is 0 Å². The molecule has 2 nitrogen and oxygen atoms in total. The average molecular weight is 329 g/mol. The smallest absolute Gasteiger partial charge is 0.175 e. The number of rotatable bonds is 2. The first-order valence-electron chi connectivity index (χ1n) is 5.75. The van der Waals surface area contributed by atoms with E-state index in [0.29, 0.717) is 32.1 Å². The summed E-state index contributed by atoms with van der Waals surface area (Å²) in [6, 6.07) is 9.79. The SMILES string of the molecule is Cc1c(F)cccc1NC(=S)Nc1ccc(Cl)cc1Cl. The lowest BCUT2D eigenvalue weighted by Gasteiger charge is -2.13. The Hall–Kier alpha value is -1.36. The van der Waals surface area contributed by atoms with E-state index in [1.54, 1.807) is 37.3 Å². The fraction of sp³-hybridized carbons (Fsp3) is 0.0714. The Morgan fingerprint density at radius 2 is 1.80 bits per heavy atom. The molecule has 0 spiro atoms. The van der Waals surface area contributed by atoms with Gasteiger partial charge in [-0.2, -0.15) is 0 Å². The van der Waals surface area contributed by atoms with Crippen LogP contribution in [0, 0.1) is 12.7 Å². The summed E-state index contributed by atoms with van der Waals surface area (Å²) in [5.41, 5.74) is 1.73. The number of benzene rings is 2. The van der Waals surface area contributed by atoms with Gasteiger partial charge in [0.25, 0.3) is 0 Å². The van der Waals surface area contributed by atoms with Crippen molar-refractivity contribution in [2.45, 2.75) is 6.92 Å². The van der Waals surface area contributed by atoms with Crippen molar-refractivity contribution in [3.63, 3.8) is 0 Å². The highest BCUT2D eigenvalue weighted by molar-refractivity contribution is 7.80. The molecule has 20 heavy (non-hydrogen) atoms. The minimum atomic E-state index is -0.290. The summed E-state index contributed by atoms with van der Waals surface area (Å²) in [6.07, 6.45) is 0. The molecule has 2 rings (SSSR count). The average Bonchev–Trinajstić information content (AvgIpc) is 2.38. The van der Waals surface area contributed by atoms with E-state index in [4.69, 9.17) is 35.4 Å². The predicted molar refractivity (Wildman–Crippen MR) is 87.4 cm³/mol. The maximum absolute atomic E-state index is 13.4. The number of halogens is 3. The Bertz CT molecular complexity index is 662. The van der Waals surface area contributed by atoms with Crippen molar-refractivity contribution < 1.29 is 4.39 Å². The van der Waals surface area contributed by atoms with E-state index in [2.05, 4.69) is 10.6 Å². The van der Waals surface area contributed by atoms with Gasteiger partial charge in [-0.25, -0.2) is 4.39 Å². The van der Waals surface area contributed by atoms with Gasteiger partial charge in [-0.3, -0.25) is 0 Å². The van der Waals surface area contributed by atoms with Gasteiger partial charge in [0.15, 0.2) is 5.11 Å². The molecule has 0 radical (unpaired) electrons. The van der Waals surface area contributed by atoms with Crippen LogP contribution in [0.3, 0.4) is 0 Å². The van der Waals surface area contributed by atoms with E-state index in [1.807, 2.05) is 0 Å². The van der Waals surface area contributed by atoms with Gasteiger partial charge >= 0.3 is 0 Å². The van der Waals surface area contributed by atoms with Crippen LogP contribution in [-0.4, -0.2) is 5.11 Å². The Morgan fingerprint density at radius 1 is 1.10 bits per heavy atom. The van der Waals surface area contributed by atoms with Gasteiger partial charge in [-0.15, -0.1) is 0 Å². The van der Waals surface area contributed by atoms with E-state index in [1.165, 1.54) is 6.07 Å². The molecule has 0 saturated carbocycles. The van der Waals surface area contributed by atoms with E-state index < -0.39 is 0 Å². The third-order valence-corrected chi connectivity index (χ3v) is 3.45. The molecule has 2 aromatic rings. The molecule has 2 aromatic carbocycles. The van der Waals surface area contributed by atoms with Crippen LogP contribution in [-0.2, 0) is 0 Å². The topological polar surface area (TPSA) is 24.1 Å². The molecular formula is C14H11Cl2FN2S. The Balaban J connectivity index is 2.11. The molecule has 0 bridgehead atoms. The molecule has 0 unspecified atom stereocenters. The molecule has 0 amide bonds. The maximum Gasteiger partial charge on any atom is 0.175 e. The largest absolute Gasteiger partial charge is 0.332 e. The van der Waals surface area contributed by atoms with Crippen LogP contribution in [0.5, 0.6) is 0 Å². The molecule has 0 saturated heterocycles. The van der Waals surface area contributed by atoms with E-state index in [9.17, 15) is 4.39 Å². The second kappa shape index (κ2) is 6.39. The zero-order valence-corrected chi connectivity index (χ0v) is 12.8. The summed E-state index contributed by atoms with van der Waals surface area (Å²) in [4.78, 5) is 0. The lowest BCUT2D eigenvalue weighted by Crippen LogP contribution is -2.20. The minimum Gasteiger partial charge on any atom is -0.332 e. The third kappa shape index (κ3) is 3.60. The summed E-state index contributed by atoms with van der Waals surface area (Å²) in [5.74, 6) is -0.290. The summed E-state index contributed by atoms with van der Waals surface area (Å²) in [7, 11) is 0. The van der Waals surface area contributed by atoms with Gasteiger partial charge in [0, 0.05) is 16.3 Å². The zero-order chi connectivity index (χ0) is 14.7. The molecule has 104 valence electrons. The fourth-order valence-electron chi connectivity index (χ4n) is 1.61. The van der Waals surface area contributed by atoms with Crippen molar-refractivity contribution in [2.24, 2.45) is 0 Å². The Kier molecular flexibility index (Phi) is 4.81. The number of hydrogen-bond acceptors (Lipinski definition) is 1. The second-order valence-electron chi connectivity index (χ2n) is 4.12. The summed E-state index contributed by atoms with van der Waals surface area (Å²) >= 11 is 17.0. The highest BCUT2D eigenvalue weighted by Crippen LogP contribution is 2.25. The highest BCUT2D eigenvalue weighted by atomic mass is 35.5. The molecule has 6 heteroatoms. The highest BCUT2D eigenvalue weighted by Gasteiger charge is 2.07. The van der Waals surface area contributed by atoms with Crippen molar-refractivity contribution >= 4 is 51.9 Å². The van der Waals surface area contributed by atoms with Crippen molar-refractivity contribution in [1.82, 2.24) is 0 Å². The summed E-state index contributed by atoms with van der Waals surface area (Å²) in [5, 5.41) is 7.19. The van der Waals surface area contributed by atoms with Crippen molar-refractivity contribution in [3.8, 4) is 0 Å². The van der Waals surface area contributed by atoms with Gasteiger partial charge in [0.05, 0.1) is 10.7 Å². The molecule has 0 aliphatic rings. The van der Waals surface area contributed by atoms with Gasteiger partial charge in [-0.1, -0.05) is 29.3 Å². The molecule has 0 heterocycles. The van der Waals surface area contributed by atoms with Crippen molar-refractivity contribution in [3.05, 3.63) is 57.8 Å². The van der Waals surface area contributed by atoms with Gasteiger partial charge in [-0.05, 0) is 49.5 Å². The van der Waals surface area contributed by atoms with Crippen LogP contribution >= 0.6 is 35.4 Å². The Labute approximate surface area is 131 Å². The van der Waals surface area contributed by atoms with E-state index in [0.717, 1.165) is 0 Å². The first-order chi connectivity index (χ1) is 9.47. The lowest BCUT2D eigenvalue weighted by atomic mass is 10.2. The van der Waals surface area contributed by atoms with Crippen LogP contribution < -0.4 is 10.6 Å². The second-order valence-corrected chi connectivity index (χ2v) is 5.37. The Morgan fingerprint density at radius 3 is 2.50 bits per heavy atom. The van der Waals surface area contributed by atoms with Gasteiger partial charge in [0.1, 0.15) is 5.82 Å². The summed E-state index contributed by atoms with van der Waals surface area (Å²) in [6.45, 7) is 1.68. The summed E-state index contributed by atoms with van der Waals surface area (Å²) < 4.78 is 13.4. The number of anilines is 2. The lowest BCUT2D eigenvalue weighted by molar-refractivity contribution is 0.619. The first kappa shape index (κ1) is 15.0. The molecule has 0 aliphatic heterocycles. The molecule has 0 atom stereocenters. The van der Waals surface area contributed by atoms with Crippen LogP contribution in [0.4, 0.5) is 15.8 Å². The normalized spacial score (nSPS) is 10.2. The standard InChI is InChI=1S/C14H11Cl2FN2S/c1-8-11(17)3-2-4-12(8)18-14(20)19-13-6-5-9(15)7-10(13)16/h2-7H,1H3,(H2,18,19,20). The number of nitrogens with one attached hydrogen (secondary N) is 2.